The summed E-state index contributed by atoms with van der Waals surface area (Å²) in [6, 6.07) is 17.3. The van der Waals surface area contributed by atoms with Crippen molar-refractivity contribution >= 4 is 17.4 Å². The lowest BCUT2D eigenvalue weighted by atomic mass is 9.77. The minimum atomic E-state index is -0.170. The molecule has 132 valence electrons. The quantitative estimate of drug-likeness (QED) is 0.835. The third-order valence-electron chi connectivity index (χ3n) is 5.21. The predicted octanol–water partition coefficient (Wildman–Crippen LogP) is 4.22. The Morgan fingerprint density at radius 3 is 2.38 bits per heavy atom. The molecule has 4 rings (SSSR count). The van der Waals surface area contributed by atoms with E-state index < -0.39 is 0 Å². The van der Waals surface area contributed by atoms with E-state index in [1.54, 1.807) is 12.0 Å². The summed E-state index contributed by atoms with van der Waals surface area (Å²) in [5.41, 5.74) is 3.52. The number of Topliss-reactive ketones (excluding diaryl/α,β-unsaturated/α-hetero) is 1. The van der Waals surface area contributed by atoms with Crippen LogP contribution in [-0.4, -0.2) is 18.8 Å². The first-order valence-electron chi connectivity index (χ1n) is 8.97. The lowest BCUT2D eigenvalue weighted by Gasteiger charge is -2.38. The fourth-order valence-electron chi connectivity index (χ4n) is 3.99. The van der Waals surface area contributed by atoms with Crippen molar-refractivity contribution in [2.24, 2.45) is 0 Å². The summed E-state index contributed by atoms with van der Waals surface area (Å²) in [6.07, 6.45) is 2.42. The summed E-state index contributed by atoms with van der Waals surface area (Å²) in [4.78, 5) is 27.6. The normalized spacial score (nSPS) is 20.2. The molecule has 1 unspecified atom stereocenters. The number of anilines is 1. The van der Waals surface area contributed by atoms with E-state index >= 15 is 0 Å². The second-order valence-corrected chi connectivity index (χ2v) is 6.73. The van der Waals surface area contributed by atoms with Crippen LogP contribution in [0.2, 0.25) is 0 Å². The summed E-state index contributed by atoms with van der Waals surface area (Å²) in [5.74, 6) is 0.813. The monoisotopic (exact) mass is 347 g/mol. The number of amides is 1. The lowest BCUT2D eigenvalue weighted by Crippen LogP contribution is -2.40. The van der Waals surface area contributed by atoms with E-state index in [2.05, 4.69) is 0 Å². The van der Waals surface area contributed by atoms with Crippen LogP contribution in [0.15, 0.2) is 65.9 Å². The van der Waals surface area contributed by atoms with Crippen molar-refractivity contribution in [1.82, 2.24) is 0 Å². The first-order chi connectivity index (χ1) is 12.7. The number of ketones is 1. The van der Waals surface area contributed by atoms with E-state index in [1.165, 1.54) is 0 Å². The topological polar surface area (TPSA) is 46.6 Å². The molecule has 0 N–H and O–H groups in total. The van der Waals surface area contributed by atoms with E-state index in [4.69, 9.17) is 4.74 Å². The van der Waals surface area contributed by atoms with Gasteiger partial charge in [0.05, 0.1) is 7.11 Å². The molecule has 0 radical (unpaired) electrons. The van der Waals surface area contributed by atoms with Crippen molar-refractivity contribution < 1.29 is 14.3 Å². The SMILES string of the molecule is COc1ccc(C2CC(=O)N(c3ccccc3)C3=C2C(=O)CCC3)cc1. The van der Waals surface area contributed by atoms with Gasteiger partial charge >= 0.3 is 0 Å². The Kier molecular flexibility index (Phi) is 4.33. The molecule has 2 aromatic rings. The highest BCUT2D eigenvalue weighted by Gasteiger charge is 2.39. The lowest BCUT2D eigenvalue weighted by molar-refractivity contribution is -0.119. The molecule has 0 aromatic heterocycles. The van der Waals surface area contributed by atoms with Gasteiger partial charge in [0.25, 0.3) is 0 Å². The molecule has 2 aliphatic rings. The van der Waals surface area contributed by atoms with Crippen LogP contribution in [0.3, 0.4) is 0 Å². The third kappa shape index (κ3) is 2.81. The zero-order valence-corrected chi connectivity index (χ0v) is 14.8. The molecule has 4 nitrogen and oxygen atoms in total. The second kappa shape index (κ2) is 6.79. The average Bonchev–Trinajstić information content (AvgIpc) is 2.68. The van der Waals surface area contributed by atoms with Gasteiger partial charge in [-0.1, -0.05) is 30.3 Å². The molecule has 0 saturated carbocycles. The van der Waals surface area contributed by atoms with Crippen LogP contribution in [0.4, 0.5) is 5.69 Å². The molecule has 1 aliphatic carbocycles. The summed E-state index contributed by atoms with van der Waals surface area (Å²) in [6.45, 7) is 0. The minimum absolute atomic E-state index is 0.0467. The Bertz CT molecular complexity index is 868. The number of carbonyl (C=O) groups excluding carboxylic acids is 2. The van der Waals surface area contributed by atoms with Crippen LogP contribution in [0.25, 0.3) is 0 Å². The number of hydrogen-bond donors (Lipinski definition) is 0. The number of rotatable bonds is 3. The van der Waals surface area contributed by atoms with Crippen molar-refractivity contribution in [3.8, 4) is 5.75 Å². The standard InChI is InChI=1S/C22H21NO3/c1-26-17-12-10-15(11-13-17)18-14-21(25)23(16-6-3-2-4-7-16)19-8-5-9-20(24)22(18)19/h2-4,6-7,10-13,18H,5,8-9,14H2,1H3. The van der Waals surface area contributed by atoms with Gasteiger partial charge in [0.15, 0.2) is 5.78 Å². The molecule has 0 bridgehead atoms. The van der Waals surface area contributed by atoms with Crippen LogP contribution >= 0.6 is 0 Å². The molecular weight excluding hydrogens is 326 g/mol. The molecule has 4 heteroatoms. The molecule has 2 aromatic carbocycles. The van der Waals surface area contributed by atoms with Gasteiger partial charge in [0, 0.05) is 35.7 Å². The van der Waals surface area contributed by atoms with Crippen LogP contribution in [-0.2, 0) is 9.59 Å². The fraction of sp³-hybridized carbons (Fsp3) is 0.273. The Labute approximate surface area is 153 Å². The fourth-order valence-corrected chi connectivity index (χ4v) is 3.99. The van der Waals surface area contributed by atoms with Gasteiger partial charge in [-0.15, -0.1) is 0 Å². The van der Waals surface area contributed by atoms with Gasteiger partial charge in [-0.05, 0) is 42.7 Å². The number of hydrogen-bond acceptors (Lipinski definition) is 3. The van der Waals surface area contributed by atoms with Crippen LogP contribution < -0.4 is 9.64 Å². The molecule has 0 spiro atoms. The highest BCUT2D eigenvalue weighted by molar-refractivity contribution is 6.07. The number of nitrogens with zero attached hydrogens (tertiary/aromatic N) is 1. The number of allylic oxidation sites excluding steroid dienone is 2. The van der Waals surface area contributed by atoms with Gasteiger partial charge in [0.2, 0.25) is 5.91 Å². The van der Waals surface area contributed by atoms with Crippen LogP contribution in [0.1, 0.15) is 37.2 Å². The smallest absolute Gasteiger partial charge is 0.232 e. The van der Waals surface area contributed by atoms with E-state index in [9.17, 15) is 9.59 Å². The Morgan fingerprint density at radius 2 is 1.69 bits per heavy atom. The maximum Gasteiger partial charge on any atom is 0.232 e. The first-order valence-corrected chi connectivity index (χ1v) is 8.97. The van der Waals surface area contributed by atoms with Crippen molar-refractivity contribution in [3.63, 3.8) is 0 Å². The van der Waals surface area contributed by atoms with Gasteiger partial charge in [-0.25, -0.2) is 0 Å². The summed E-state index contributed by atoms with van der Waals surface area (Å²) < 4.78 is 5.23. The second-order valence-electron chi connectivity index (χ2n) is 6.73. The van der Waals surface area contributed by atoms with Crippen LogP contribution in [0.5, 0.6) is 5.75 Å². The molecule has 1 atom stereocenters. The predicted molar refractivity (Wildman–Crippen MR) is 100 cm³/mol. The van der Waals surface area contributed by atoms with E-state index in [0.717, 1.165) is 41.1 Å². The van der Waals surface area contributed by atoms with Crippen molar-refractivity contribution in [2.45, 2.75) is 31.6 Å². The number of carbonyl (C=O) groups is 2. The molecule has 1 amide bonds. The number of para-hydroxylation sites is 1. The van der Waals surface area contributed by atoms with Gasteiger partial charge in [0.1, 0.15) is 5.75 Å². The van der Waals surface area contributed by atoms with E-state index in [-0.39, 0.29) is 17.6 Å². The average molecular weight is 347 g/mol. The Hall–Kier alpha value is -2.88. The summed E-state index contributed by atoms with van der Waals surface area (Å²) in [7, 11) is 1.63. The number of benzene rings is 2. The van der Waals surface area contributed by atoms with Gasteiger partial charge < -0.3 is 4.74 Å². The van der Waals surface area contributed by atoms with Gasteiger partial charge in [-0.3, -0.25) is 14.5 Å². The Morgan fingerprint density at radius 1 is 0.962 bits per heavy atom. The number of ether oxygens (including phenoxy) is 1. The molecule has 26 heavy (non-hydrogen) atoms. The van der Waals surface area contributed by atoms with Crippen molar-refractivity contribution in [1.29, 1.82) is 0 Å². The summed E-state index contributed by atoms with van der Waals surface area (Å²) in [5, 5.41) is 0. The molecule has 0 saturated heterocycles. The third-order valence-corrected chi connectivity index (χ3v) is 5.21. The number of methoxy groups -OCH3 is 1. The van der Waals surface area contributed by atoms with Crippen molar-refractivity contribution in [3.05, 3.63) is 71.4 Å². The first kappa shape index (κ1) is 16.6. The highest BCUT2D eigenvalue weighted by Crippen LogP contribution is 2.43. The minimum Gasteiger partial charge on any atom is -0.497 e. The molecule has 1 aliphatic heterocycles. The zero-order chi connectivity index (χ0) is 18.1. The van der Waals surface area contributed by atoms with Crippen LogP contribution in [0, 0.1) is 0 Å². The van der Waals surface area contributed by atoms with E-state index in [1.807, 2.05) is 54.6 Å². The molecular formula is C22H21NO3. The zero-order valence-electron chi connectivity index (χ0n) is 14.8. The summed E-state index contributed by atoms with van der Waals surface area (Å²) >= 11 is 0. The highest BCUT2D eigenvalue weighted by atomic mass is 16.5. The maximum absolute atomic E-state index is 13.0. The maximum atomic E-state index is 13.0. The molecule has 0 fully saturated rings. The largest absolute Gasteiger partial charge is 0.497 e. The van der Waals surface area contributed by atoms with E-state index in [0.29, 0.717) is 12.8 Å². The Balaban J connectivity index is 1.82. The van der Waals surface area contributed by atoms with Gasteiger partial charge in [-0.2, -0.15) is 0 Å². The van der Waals surface area contributed by atoms with Crippen molar-refractivity contribution in [2.75, 3.05) is 12.0 Å². The molecule has 1 heterocycles.